The van der Waals surface area contributed by atoms with E-state index in [0.717, 1.165) is 11.1 Å². The molecule has 4 nitrogen and oxygen atoms in total. The van der Waals surface area contributed by atoms with Gasteiger partial charge in [-0.25, -0.2) is 9.78 Å². The number of carbonyl (C=O) groups is 1. The molecular weight excluding hydrogens is 264 g/mol. The summed E-state index contributed by atoms with van der Waals surface area (Å²) in [5.41, 5.74) is 2.63. The second-order valence-corrected chi connectivity index (χ2v) is 4.51. The number of benzene rings is 2. The summed E-state index contributed by atoms with van der Waals surface area (Å²) in [6, 6.07) is 12.1. The first-order valence-electron chi connectivity index (χ1n) is 5.63. The Morgan fingerprint density at radius 1 is 1.16 bits per heavy atom. The van der Waals surface area contributed by atoms with Crippen LogP contribution in [0.25, 0.3) is 22.4 Å². The van der Waals surface area contributed by atoms with E-state index in [4.69, 9.17) is 16.7 Å². The molecule has 0 amide bonds. The van der Waals surface area contributed by atoms with Crippen molar-refractivity contribution >= 4 is 28.6 Å². The lowest BCUT2D eigenvalue weighted by Gasteiger charge is -1.97. The summed E-state index contributed by atoms with van der Waals surface area (Å²) in [5.74, 6) is -0.278. The molecule has 3 rings (SSSR count). The Morgan fingerprint density at radius 3 is 2.53 bits per heavy atom. The first-order chi connectivity index (χ1) is 9.15. The molecule has 0 aliphatic heterocycles. The van der Waals surface area contributed by atoms with E-state index in [1.165, 1.54) is 0 Å². The van der Waals surface area contributed by atoms with Gasteiger partial charge in [-0.05, 0) is 24.3 Å². The minimum absolute atomic E-state index is 0.248. The molecule has 0 bridgehead atoms. The molecule has 5 heteroatoms. The molecule has 19 heavy (non-hydrogen) atoms. The van der Waals surface area contributed by atoms with Gasteiger partial charge in [-0.2, -0.15) is 0 Å². The molecular formula is C14H9ClN2O2. The van der Waals surface area contributed by atoms with Gasteiger partial charge in [-0.3, -0.25) is 0 Å². The predicted octanol–water partition coefficient (Wildman–Crippen LogP) is 3.58. The van der Waals surface area contributed by atoms with Crippen molar-refractivity contribution in [3.05, 3.63) is 53.1 Å². The third-order valence-electron chi connectivity index (χ3n) is 2.87. The van der Waals surface area contributed by atoms with E-state index < -0.39 is 5.97 Å². The molecule has 1 heterocycles. The highest BCUT2D eigenvalue weighted by Gasteiger charge is 2.08. The third-order valence-corrected chi connectivity index (χ3v) is 3.17. The van der Waals surface area contributed by atoms with Gasteiger partial charge >= 0.3 is 5.97 Å². The number of hydrogen-bond acceptors (Lipinski definition) is 2. The van der Waals surface area contributed by atoms with Crippen molar-refractivity contribution in [2.75, 3.05) is 0 Å². The second kappa shape index (κ2) is 4.40. The van der Waals surface area contributed by atoms with Crippen LogP contribution in [0.5, 0.6) is 0 Å². The number of nitrogens with zero attached hydrogens (tertiary/aromatic N) is 1. The second-order valence-electron chi connectivity index (χ2n) is 4.10. The van der Waals surface area contributed by atoms with E-state index in [-0.39, 0.29) is 5.56 Å². The molecule has 2 N–H and O–H groups in total. The molecule has 0 saturated heterocycles. The lowest BCUT2D eigenvalue weighted by Crippen LogP contribution is -1.95. The van der Waals surface area contributed by atoms with Gasteiger partial charge in [0.15, 0.2) is 0 Å². The van der Waals surface area contributed by atoms with Crippen molar-refractivity contribution in [3.8, 4) is 11.4 Å². The van der Waals surface area contributed by atoms with E-state index in [2.05, 4.69) is 9.97 Å². The van der Waals surface area contributed by atoms with Crippen LogP contribution < -0.4 is 0 Å². The van der Waals surface area contributed by atoms with Gasteiger partial charge in [0, 0.05) is 5.56 Å². The minimum Gasteiger partial charge on any atom is -0.478 e. The molecule has 0 saturated carbocycles. The molecule has 0 aliphatic carbocycles. The molecule has 0 spiro atoms. The van der Waals surface area contributed by atoms with Crippen molar-refractivity contribution in [2.45, 2.75) is 0 Å². The quantitative estimate of drug-likeness (QED) is 0.749. The van der Waals surface area contributed by atoms with Gasteiger partial charge in [0.2, 0.25) is 0 Å². The van der Waals surface area contributed by atoms with Crippen molar-refractivity contribution in [1.82, 2.24) is 9.97 Å². The minimum atomic E-state index is -0.945. The molecule has 94 valence electrons. The fourth-order valence-electron chi connectivity index (χ4n) is 1.90. The molecule has 0 radical (unpaired) electrons. The van der Waals surface area contributed by atoms with E-state index in [1.807, 2.05) is 12.1 Å². The number of rotatable bonds is 2. The zero-order chi connectivity index (χ0) is 13.4. The van der Waals surface area contributed by atoms with Crippen LogP contribution >= 0.6 is 11.6 Å². The highest BCUT2D eigenvalue weighted by molar-refractivity contribution is 6.35. The van der Waals surface area contributed by atoms with Crippen molar-refractivity contribution in [1.29, 1.82) is 0 Å². The Bertz CT molecular complexity index is 763. The number of nitrogens with one attached hydrogen (secondary N) is 1. The van der Waals surface area contributed by atoms with E-state index in [9.17, 15) is 4.79 Å². The number of aromatic amines is 1. The third kappa shape index (κ3) is 2.06. The van der Waals surface area contributed by atoms with Crippen LogP contribution in [0.2, 0.25) is 5.02 Å². The zero-order valence-electron chi connectivity index (χ0n) is 9.72. The van der Waals surface area contributed by atoms with Gasteiger partial charge < -0.3 is 10.1 Å². The van der Waals surface area contributed by atoms with Gasteiger partial charge in [0.1, 0.15) is 11.3 Å². The first-order valence-corrected chi connectivity index (χ1v) is 6.01. The molecule has 0 atom stereocenters. The summed E-state index contributed by atoms with van der Waals surface area (Å²) < 4.78 is 0. The largest absolute Gasteiger partial charge is 0.478 e. The number of H-pyrrole nitrogens is 1. The fraction of sp³-hybridized carbons (Fsp3) is 0. The molecule has 2 aromatic carbocycles. The molecule has 0 aliphatic rings. The number of halogens is 1. The summed E-state index contributed by atoms with van der Waals surface area (Å²) in [5, 5.41) is 9.44. The van der Waals surface area contributed by atoms with Crippen LogP contribution in [0.15, 0.2) is 42.5 Å². The Morgan fingerprint density at radius 2 is 1.89 bits per heavy atom. The van der Waals surface area contributed by atoms with Crippen molar-refractivity contribution in [2.24, 2.45) is 0 Å². The maximum Gasteiger partial charge on any atom is 0.335 e. The summed E-state index contributed by atoms with van der Waals surface area (Å²) in [4.78, 5) is 18.4. The highest BCUT2D eigenvalue weighted by atomic mass is 35.5. The van der Waals surface area contributed by atoms with Crippen LogP contribution in [0.3, 0.4) is 0 Å². The van der Waals surface area contributed by atoms with Gasteiger partial charge in [-0.1, -0.05) is 29.8 Å². The highest BCUT2D eigenvalue weighted by Crippen LogP contribution is 2.25. The number of aromatic carboxylic acids is 1. The Hall–Kier alpha value is -2.33. The summed E-state index contributed by atoms with van der Waals surface area (Å²) in [6.45, 7) is 0. The standard InChI is InChI=1S/C14H9ClN2O2/c15-10-2-1-3-11-12(10)17-13(16-11)8-4-6-9(7-5-8)14(18)19/h1-7H,(H,16,17)(H,18,19). The average Bonchev–Trinajstić information content (AvgIpc) is 2.84. The Labute approximate surface area is 113 Å². The SMILES string of the molecule is O=C(O)c1ccc(-c2nc3c(Cl)cccc3[nH]2)cc1. The van der Waals surface area contributed by atoms with Gasteiger partial charge in [0.25, 0.3) is 0 Å². The monoisotopic (exact) mass is 272 g/mol. The normalized spacial score (nSPS) is 10.8. The van der Waals surface area contributed by atoms with Crippen LogP contribution in [0, 0.1) is 0 Å². The van der Waals surface area contributed by atoms with Crippen LogP contribution in [-0.4, -0.2) is 21.0 Å². The maximum atomic E-state index is 10.8. The predicted molar refractivity (Wildman–Crippen MR) is 73.5 cm³/mol. The van der Waals surface area contributed by atoms with E-state index in [0.29, 0.717) is 16.4 Å². The van der Waals surface area contributed by atoms with Crippen LogP contribution in [0.1, 0.15) is 10.4 Å². The van der Waals surface area contributed by atoms with Crippen LogP contribution in [-0.2, 0) is 0 Å². The number of carboxylic acid groups (broad SMARTS) is 1. The number of imidazole rings is 1. The average molecular weight is 273 g/mol. The lowest BCUT2D eigenvalue weighted by molar-refractivity contribution is 0.0697. The Kier molecular flexibility index (Phi) is 2.72. The summed E-state index contributed by atoms with van der Waals surface area (Å²) in [7, 11) is 0. The molecule has 3 aromatic rings. The molecule has 1 aromatic heterocycles. The fourth-order valence-corrected chi connectivity index (χ4v) is 2.12. The number of fused-ring (bicyclic) bond motifs is 1. The molecule has 0 fully saturated rings. The van der Waals surface area contributed by atoms with Gasteiger partial charge in [0.05, 0.1) is 16.1 Å². The Balaban J connectivity index is 2.09. The van der Waals surface area contributed by atoms with Gasteiger partial charge in [-0.15, -0.1) is 0 Å². The van der Waals surface area contributed by atoms with Crippen LogP contribution in [0.4, 0.5) is 0 Å². The maximum absolute atomic E-state index is 10.8. The topological polar surface area (TPSA) is 66.0 Å². The lowest BCUT2D eigenvalue weighted by atomic mass is 10.1. The van der Waals surface area contributed by atoms with E-state index >= 15 is 0 Å². The summed E-state index contributed by atoms with van der Waals surface area (Å²) in [6.07, 6.45) is 0. The van der Waals surface area contributed by atoms with Crippen molar-refractivity contribution < 1.29 is 9.90 Å². The van der Waals surface area contributed by atoms with E-state index in [1.54, 1.807) is 30.3 Å². The summed E-state index contributed by atoms with van der Waals surface area (Å²) >= 11 is 6.06. The van der Waals surface area contributed by atoms with Crippen molar-refractivity contribution in [3.63, 3.8) is 0 Å². The number of hydrogen-bond donors (Lipinski definition) is 2. The smallest absolute Gasteiger partial charge is 0.335 e. The molecule has 0 unspecified atom stereocenters. The zero-order valence-corrected chi connectivity index (χ0v) is 10.5. The number of aromatic nitrogens is 2. The first kappa shape index (κ1) is 11.7. The number of carboxylic acids is 1. The number of para-hydroxylation sites is 1.